The van der Waals surface area contributed by atoms with Gasteiger partial charge in [-0.05, 0) is 41.6 Å². The molecule has 4 aromatic rings. The summed E-state index contributed by atoms with van der Waals surface area (Å²) in [6.45, 7) is 1.95. The Kier molecular flexibility index (Phi) is 4.90. The number of anilines is 1. The molecule has 0 spiro atoms. The number of halogens is 1. The fourth-order valence-corrected chi connectivity index (χ4v) is 3.34. The molecular formula is C19H15FN6OS. The molecule has 0 atom stereocenters. The third-order valence-corrected chi connectivity index (χ3v) is 4.78. The molecule has 2 heterocycles. The average molecular weight is 394 g/mol. The van der Waals surface area contributed by atoms with Crippen molar-refractivity contribution in [2.75, 3.05) is 5.32 Å². The van der Waals surface area contributed by atoms with Crippen molar-refractivity contribution in [3.63, 3.8) is 0 Å². The highest BCUT2D eigenvalue weighted by Crippen LogP contribution is 2.25. The van der Waals surface area contributed by atoms with Crippen molar-refractivity contribution in [2.24, 2.45) is 0 Å². The van der Waals surface area contributed by atoms with Gasteiger partial charge in [0.2, 0.25) is 5.91 Å². The molecule has 7 nitrogen and oxygen atoms in total. The molecule has 140 valence electrons. The Balaban J connectivity index is 1.45. The topological polar surface area (TPSA) is 85.6 Å². The smallest absolute Gasteiger partial charge is 0.248 e. The van der Waals surface area contributed by atoms with Crippen molar-refractivity contribution >= 4 is 22.4 Å². The summed E-state index contributed by atoms with van der Waals surface area (Å²) in [5.41, 5.74) is 3.40. The van der Waals surface area contributed by atoms with Crippen molar-refractivity contribution in [3.05, 3.63) is 65.3 Å². The summed E-state index contributed by atoms with van der Waals surface area (Å²) < 4.78 is 14.5. The van der Waals surface area contributed by atoms with Crippen LogP contribution in [-0.4, -0.2) is 31.1 Å². The van der Waals surface area contributed by atoms with Gasteiger partial charge in [0, 0.05) is 16.5 Å². The van der Waals surface area contributed by atoms with Crippen molar-refractivity contribution < 1.29 is 9.18 Å². The maximum Gasteiger partial charge on any atom is 0.248 e. The van der Waals surface area contributed by atoms with Gasteiger partial charge in [0.15, 0.2) is 11.0 Å². The van der Waals surface area contributed by atoms with Crippen LogP contribution < -0.4 is 5.32 Å². The SMILES string of the molecule is Cc1ccc(-c2nnnn2CC(=O)Nc2nc(-c3ccc(F)cc3)cs2)cc1. The minimum absolute atomic E-state index is 0.0400. The minimum Gasteiger partial charge on any atom is -0.300 e. The van der Waals surface area contributed by atoms with Gasteiger partial charge >= 0.3 is 0 Å². The number of rotatable bonds is 5. The molecule has 0 bridgehead atoms. The molecule has 0 radical (unpaired) electrons. The van der Waals surface area contributed by atoms with Gasteiger partial charge < -0.3 is 5.32 Å². The van der Waals surface area contributed by atoms with E-state index in [1.165, 1.54) is 28.2 Å². The number of aryl methyl sites for hydroxylation is 1. The zero-order valence-electron chi connectivity index (χ0n) is 14.8. The quantitative estimate of drug-likeness (QED) is 0.559. The zero-order valence-corrected chi connectivity index (χ0v) is 15.7. The number of nitrogens with zero attached hydrogens (tertiary/aromatic N) is 5. The van der Waals surface area contributed by atoms with Gasteiger partial charge in [-0.25, -0.2) is 14.1 Å². The Morgan fingerprint density at radius 1 is 1.11 bits per heavy atom. The number of hydrogen-bond acceptors (Lipinski definition) is 6. The summed E-state index contributed by atoms with van der Waals surface area (Å²) in [4.78, 5) is 16.8. The van der Waals surface area contributed by atoms with E-state index in [1.807, 2.05) is 31.2 Å². The number of aromatic nitrogens is 5. The van der Waals surface area contributed by atoms with E-state index < -0.39 is 0 Å². The van der Waals surface area contributed by atoms with E-state index in [4.69, 9.17) is 0 Å². The molecule has 1 amide bonds. The first-order valence-corrected chi connectivity index (χ1v) is 9.31. The van der Waals surface area contributed by atoms with Crippen LogP contribution in [0, 0.1) is 12.7 Å². The third kappa shape index (κ3) is 3.94. The largest absolute Gasteiger partial charge is 0.300 e. The third-order valence-electron chi connectivity index (χ3n) is 4.03. The molecule has 9 heteroatoms. The molecule has 0 fully saturated rings. The Morgan fingerprint density at radius 2 is 1.82 bits per heavy atom. The monoisotopic (exact) mass is 394 g/mol. The molecule has 2 aromatic heterocycles. The van der Waals surface area contributed by atoms with E-state index in [0.717, 1.165) is 16.7 Å². The summed E-state index contributed by atoms with van der Waals surface area (Å²) in [6.07, 6.45) is 0. The van der Waals surface area contributed by atoms with Crippen LogP contribution in [0.2, 0.25) is 0 Å². The van der Waals surface area contributed by atoms with Crippen LogP contribution in [0.1, 0.15) is 5.56 Å². The van der Waals surface area contributed by atoms with Crippen molar-refractivity contribution in [3.8, 4) is 22.6 Å². The van der Waals surface area contributed by atoms with Gasteiger partial charge in [0.1, 0.15) is 12.4 Å². The number of carbonyl (C=O) groups excluding carboxylic acids is 1. The number of hydrogen-bond donors (Lipinski definition) is 1. The number of nitrogens with one attached hydrogen (secondary N) is 1. The molecule has 4 rings (SSSR count). The van der Waals surface area contributed by atoms with Gasteiger partial charge in [-0.2, -0.15) is 0 Å². The van der Waals surface area contributed by atoms with Crippen molar-refractivity contribution in [1.29, 1.82) is 0 Å². The van der Waals surface area contributed by atoms with E-state index >= 15 is 0 Å². The summed E-state index contributed by atoms with van der Waals surface area (Å²) in [5, 5.41) is 16.6. The molecule has 0 aliphatic heterocycles. The van der Waals surface area contributed by atoms with Gasteiger partial charge in [0.25, 0.3) is 0 Å². The van der Waals surface area contributed by atoms with Crippen LogP contribution >= 0.6 is 11.3 Å². The molecule has 28 heavy (non-hydrogen) atoms. The second-order valence-electron chi connectivity index (χ2n) is 6.12. The first-order valence-electron chi connectivity index (χ1n) is 8.43. The normalized spacial score (nSPS) is 10.8. The lowest BCUT2D eigenvalue weighted by Gasteiger charge is -2.05. The van der Waals surface area contributed by atoms with Crippen LogP contribution in [0.15, 0.2) is 53.9 Å². The van der Waals surface area contributed by atoms with E-state index in [9.17, 15) is 9.18 Å². The van der Waals surface area contributed by atoms with Crippen molar-refractivity contribution in [2.45, 2.75) is 13.5 Å². The van der Waals surface area contributed by atoms with Crippen LogP contribution in [0.25, 0.3) is 22.6 Å². The van der Waals surface area contributed by atoms with Gasteiger partial charge in [0.05, 0.1) is 5.69 Å². The molecule has 0 saturated carbocycles. The average Bonchev–Trinajstić information content (AvgIpc) is 3.33. The number of thiazole rings is 1. The first-order chi connectivity index (χ1) is 13.6. The highest BCUT2D eigenvalue weighted by molar-refractivity contribution is 7.14. The lowest BCUT2D eigenvalue weighted by Crippen LogP contribution is -2.20. The van der Waals surface area contributed by atoms with Crippen LogP contribution in [0.5, 0.6) is 0 Å². The van der Waals surface area contributed by atoms with Crippen LogP contribution in [0.4, 0.5) is 9.52 Å². The van der Waals surface area contributed by atoms with E-state index in [0.29, 0.717) is 16.6 Å². The molecular weight excluding hydrogens is 379 g/mol. The van der Waals surface area contributed by atoms with E-state index in [2.05, 4.69) is 25.8 Å². The number of tetrazole rings is 1. The van der Waals surface area contributed by atoms with Gasteiger partial charge in [-0.1, -0.05) is 29.8 Å². The van der Waals surface area contributed by atoms with Gasteiger partial charge in [-0.3, -0.25) is 4.79 Å². The van der Waals surface area contributed by atoms with E-state index in [1.54, 1.807) is 17.5 Å². The zero-order chi connectivity index (χ0) is 19.5. The van der Waals surface area contributed by atoms with E-state index in [-0.39, 0.29) is 18.3 Å². The van der Waals surface area contributed by atoms with Crippen LogP contribution in [0.3, 0.4) is 0 Å². The predicted octanol–water partition coefficient (Wildman–Crippen LogP) is 3.55. The van der Waals surface area contributed by atoms with Gasteiger partial charge in [-0.15, -0.1) is 16.4 Å². The second kappa shape index (κ2) is 7.65. The highest BCUT2D eigenvalue weighted by Gasteiger charge is 2.14. The molecule has 1 N–H and O–H groups in total. The lowest BCUT2D eigenvalue weighted by molar-refractivity contribution is -0.116. The Labute approximate surface area is 163 Å². The lowest BCUT2D eigenvalue weighted by atomic mass is 10.1. The number of carbonyl (C=O) groups is 1. The predicted molar refractivity (Wildman–Crippen MR) is 104 cm³/mol. The molecule has 0 unspecified atom stereocenters. The van der Waals surface area contributed by atoms with Crippen LogP contribution in [-0.2, 0) is 11.3 Å². The summed E-state index contributed by atoms with van der Waals surface area (Å²) in [6, 6.07) is 13.8. The number of benzene rings is 2. The Hall–Kier alpha value is -3.46. The maximum atomic E-state index is 13.0. The minimum atomic E-state index is -0.307. The maximum absolute atomic E-state index is 13.0. The molecule has 0 aliphatic carbocycles. The Morgan fingerprint density at radius 3 is 2.57 bits per heavy atom. The summed E-state index contributed by atoms with van der Waals surface area (Å²) >= 11 is 1.29. The summed E-state index contributed by atoms with van der Waals surface area (Å²) in [7, 11) is 0. The Bertz CT molecular complexity index is 1100. The highest BCUT2D eigenvalue weighted by atomic mass is 32.1. The molecule has 0 saturated heterocycles. The summed E-state index contributed by atoms with van der Waals surface area (Å²) in [5.74, 6) is -0.0831. The fourth-order valence-electron chi connectivity index (χ4n) is 2.60. The first kappa shape index (κ1) is 17.9. The van der Waals surface area contributed by atoms with Crippen molar-refractivity contribution in [1.82, 2.24) is 25.2 Å². The molecule has 2 aromatic carbocycles. The standard InChI is InChI=1S/C19H15FN6OS/c1-12-2-4-14(5-3-12)18-23-24-25-26(18)10-17(27)22-19-21-16(11-28-19)13-6-8-15(20)9-7-13/h2-9,11H,10H2,1H3,(H,21,22,27). The number of amides is 1. The fraction of sp³-hybridized carbons (Fsp3) is 0.105. The second-order valence-corrected chi connectivity index (χ2v) is 6.98. The molecule has 0 aliphatic rings.